The monoisotopic (exact) mass is 457 g/mol. The Balaban J connectivity index is 1.72. The van der Waals surface area contributed by atoms with Crippen LogP contribution in [0.3, 0.4) is 0 Å². The third-order valence-corrected chi connectivity index (χ3v) is 6.64. The van der Waals surface area contributed by atoms with Gasteiger partial charge in [0.1, 0.15) is 0 Å². The molecule has 4 rings (SSSR count). The lowest BCUT2D eigenvalue weighted by Crippen LogP contribution is -2.03. The van der Waals surface area contributed by atoms with Gasteiger partial charge in [-0.25, -0.2) is 0 Å². The molecule has 1 aliphatic carbocycles. The van der Waals surface area contributed by atoms with Crippen LogP contribution in [0.4, 0.5) is 5.69 Å². The molecule has 3 aromatic carbocycles. The van der Waals surface area contributed by atoms with E-state index < -0.39 is 0 Å². The Hall–Kier alpha value is -3.84. The van der Waals surface area contributed by atoms with Crippen LogP contribution in [0.1, 0.15) is 49.8 Å². The van der Waals surface area contributed by atoms with Crippen molar-refractivity contribution < 1.29 is 0 Å². The first-order chi connectivity index (χ1) is 17.2. The summed E-state index contributed by atoms with van der Waals surface area (Å²) in [6.45, 7) is 11.1. The number of fused-ring (bicyclic) bond motifs is 1. The fraction of sp³-hybridized carbons (Fsp3) is 0.176. The second kappa shape index (κ2) is 11.5. The van der Waals surface area contributed by atoms with Crippen LogP contribution < -0.4 is 5.32 Å². The number of anilines is 1. The maximum Gasteiger partial charge on any atom is 0.0400 e. The van der Waals surface area contributed by atoms with Crippen molar-refractivity contribution >= 4 is 11.3 Å². The number of benzene rings is 3. The van der Waals surface area contributed by atoms with Gasteiger partial charge in [-0.05, 0) is 83.0 Å². The van der Waals surface area contributed by atoms with E-state index in [4.69, 9.17) is 0 Å². The Labute approximate surface area is 210 Å². The molecule has 1 unspecified atom stereocenters. The van der Waals surface area contributed by atoms with Crippen LogP contribution in [0, 0.1) is 0 Å². The molecule has 0 spiro atoms. The van der Waals surface area contributed by atoms with Crippen molar-refractivity contribution in [3.8, 4) is 11.1 Å². The van der Waals surface area contributed by atoms with Crippen molar-refractivity contribution in [2.75, 3.05) is 11.9 Å². The molecule has 176 valence electrons. The number of hydrogen-bond donors (Lipinski definition) is 1. The molecule has 0 bridgehead atoms. The van der Waals surface area contributed by atoms with Gasteiger partial charge in [0.15, 0.2) is 0 Å². The van der Waals surface area contributed by atoms with Gasteiger partial charge in [0.05, 0.1) is 0 Å². The molecule has 1 aliphatic rings. The highest BCUT2D eigenvalue weighted by Crippen LogP contribution is 2.48. The van der Waals surface area contributed by atoms with Crippen LogP contribution in [-0.2, 0) is 0 Å². The second-order valence-electron chi connectivity index (χ2n) is 8.87. The first kappa shape index (κ1) is 24.3. The summed E-state index contributed by atoms with van der Waals surface area (Å²) in [6, 6.07) is 26.5. The molecule has 0 aromatic heterocycles. The van der Waals surface area contributed by atoms with E-state index >= 15 is 0 Å². The standard InChI is InChI=1S/C34H35N/c1-5-9-15-25(7-3)24-35-29-19-13-18-27(22-29)28-20-21-31-30(8-4)32(14-6-2)34(33(31)23-28)26-16-11-10-12-17-26/h5-7,9-23,30,35H,3,8,24H2,1-2,4H3/b9-5-,14-6-,25-15+. The summed E-state index contributed by atoms with van der Waals surface area (Å²) < 4.78 is 0. The van der Waals surface area contributed by atoms with E-state index in [-0.39, 0.29) is 0 Å². The highest BCUT2D eigenvalue weighted by molar-refractivity contribution is 5.92. The summed E-state index contributed by atoms with van der Waals surface area (Å²) in [4.78, 5) is 0. The summed E-state index contributed by atoms with van der Waals surface area (Å²) in [5.74, 6) is 0.430. The van der Waals surface area contributed by atoms with Crippen LogP contribution >= 0.6 is 0 Å². The molecule has 0 amide bonds. The van der Waals surface area contributed by atoms with E-state index in [2.05, 4.69) is 117 Å². The molecule has 35 heavy (non-hydrogen) atoms. The van der Waals surface area contributed by atoms with E-state index in [0.717, 1.165) is 24.2 Å². The smallest absolute Gasteiger partial charge is 0.0400 e. The fourth-order valence-corrected chi connectivity index (χ4v) is 4.93. The SMILES string of the molecule is C=C/C(=C\C=C/C)CNc1cccc(-c2ccc3c(c2)C(c2ccccc2)=C(/C=C\C)C3CC)c1. The van der Waals surface area contributed by atoms with Crippen LogP contribution in [0.5, 0.6) is 0 Å². The van der Waals surface area contributed by atoms with E-state index in [9.17, 15) is 0 Å². The van der Waals surface area contributed by atoms with E-state index in [1.807, 2.05) is 25.2 Å². The number of allylic oxidation sites excluding steroid dienone is 6. The van der Waals surface area contributed by atoms with Crippen molar-refractivity contribution in [3.63, 3.8) is 0 Å². The lowest BCUT2D eigenvalue weighted by Gasteiger charge is -2.13. The first-order valence-corrected chi connectivity index (χ1v) is 12.5. The first-order valence-electron chi connectivity index (χ1n) is 12.5. The molecule has 0 aliphatic heterocycles. The van der Waals surface area contributed by atoms with Gasteiger partial charge < -0.3 is 5.32 Å². The average Bonchev–Trinajstić information content (AvgIpc) is 3.22. The highest BCUT2D eigenvalue weighted by atomic mass is 14.9. The van der Waals surface area contributed by atoms with Crippen LogP contribution in [0.25, 0.3) is 16.7 Å². The molecule has 1 nitrogen and oxygen atoms in total. The van der Waals surface area contributed by atoms with Gasteiger partial charge in [-0.3, -0.25) is 0 Å². The Morgan fingerprint density at radius 1 is 0.886 bits per heavy atom. The predicted molar refractivity (Wildman–Crippen MR) is 154 cm³/mol. The largest absolute Gasteiger partial charge is 0.381 e. The number of hydrogen-bond acceptors (Lipinski definition) is 1. The molecule has 3 aromatic rings. The van der Waals surface area contributed by atoms with Gasteiger partial charge >= 0.3 is 0 Å². The Bertz CT molecular complexity index is 1300. The van der Waals surface area contributed by atoms with E-state index in [1.165, 1.54) is 39.0 Å². The zero-order valence-corrected chi connectivity index (χ0v) is 21.1. The molecule has 0 saturated carbocycles. The van der Waals surface area contributed by atoms with Gasteiger partial charge in [-0.1, -0.05) is 105 Å². The van der Waals surface area contributed by atoms with Crippen molar-refractivity contribution in [1.29, 1.82) is 0 Å². The quantitative estimate of drug-likeness (QED) is 0.316. The van der Waals surface area contributed by atoms with Crippen molar-refractivity contribution in [3.05, 3.63) is 144 Å². The second-order valence-corrected chi connectivity index (χ2v) is 8.87. The van der Waals surface area contributed by atoms with E-state index in [0.29, 0.717) is 5.92 Å². The third-order valence-electron chi connectivity index (χ3n) is 6.64. The van der Waals surface area contributed by atoms with Crippen molar-refractivity contribution in [2.45, 2.75) is 33.1 Å². The van der Waals surface area contributed by atoms with Gasteiger partial charge in [0.25, 0.3) is 0 Å². The van der Waals surface area contributed by atoms with Crippen LogP contribution in [0.2, 0.25) is 0 Å². The number of nitrogens with one attached hydrogen (secondary N) is 1. The molecule has 1 heteroatoms. The minimum atomic E-state index is 0.430. The lowest BCUT2D eigenvalue weighted by atomic mass is 9.91. The summed E-state index contributed by atoms with van der Waals surface area (Å²) in [5, 5.41) is 3.55. The van der Waals surface area contributed by atoms with Gasteiger partial charge in [0.2, 0.25) is 0 Å². The van der Waals surface area contributed by atoms with Gasteiger partial charge in [-0.2, -0.15) is 0 Å². The minimum absolute atomic E-state index is 0.430. The Morgan fingerprint density at radius 2 is 1.66 bits per heavy atom. The highest BCUT2D eigenvalue weighted by Gasteiger charge is 2.29. The molecule has 1 atom stereocenters. The van der Waals surface area contributed by atoms with Crippen LogP contribution in [0.15, 0.2) is 127 Å². The molecular weight excluding hydrogens is 422 g/mol. The third kappa shape index (κ3) is 5.30. The molecule has 0 fully saturated rings. The summed E-state index contributed by atoms with van der Waals surface area (Å²) in [5.41, 5.74) is 11.6. The Morgan fingerprint density at radius 3 is 2.37 bits per heavy atom. The number of rotatable bonds is 9. The molecule has 0 radical (unpaired) electrons. The zero-order chi connectivity index (χ0) is 24.6. The van der Waals surface area contributed by atoms with Crippen LogP contribution in [-0.4, -0.2) is 6.54 Å². The Kier molecular flexibility index (Phi) is 8.00. The minimum Gasteiger partial charge on any atom is -0.381 e. The molecule has 1 N–H and O–H groups in total. The molecular formula is C34H35N. The van der Waals surface area contributed by atoms with Crippen molar-refractivity contribution in [2.24, 2.45) is 0 Å². The lowest BCUT2D eigenvalue weighted by molar-refractivity contribution is 0.791. The topological polar surface area (TPSA) is 12.0 Å². The summed E-state index contributed by atoms with van der Waals surface area (Å²) in [6.07, 6.45) is 13.6. The fourth-order valence-electron chi connectivity index (χ4n) is 4.93. The normalized spacial score (nSPS) is 15.7. The molecule has 0 saturated heterocycles. The van der Waals surface area contributed by atoms with Gasteiger partial charge in [0, 0.05) is 18.2 Å². The van der Waals surface area contributed by atoms with E-state index in [1.54, 1.807) is 0 Å². The summed E-state index contributed by atoms with van der Waals surface area (Å²) >= 11 is 0. The summed E-state index contributed by atoms with van der Waals surface area (Å²) in [7, 11) is 0. The van der Waals surface area contributed by atoms with Crippen molar-refractivity contribution in [1.82, 2.24) is 0 Å². The van der Waals surface area contributed by atoms with Gasteiger partial charge in [-0.15, -0.1) is 0 Å². The average molecular weight is 458 g/mol. The zero-order valence-electron chi connectivity index (χ0n) is 21.1. The maximum atomic E-state index is 3.94. The molecule has 0 heterocycles. The predicted octanol–water partition coefficient (Wildman–Crippen LogP) is 9.34. The maximum absolute atomic E-state index is 3.94.